The monoisotopic (exact) mass is 307 g/mol. The number of aliphatic hydroxyl groups is 1. The first-order chi connectivity index (χ1) is 10.1. The summed E-state index contributed by atoms with van der Waals surface area (Å²) in [4.78, 5) is 11.8. The first-order valence-electron chi connectivity index (χ1n) is 6.48. The lowest BCUT2D eigenvalue weighted by atomic mass is 10.1. The predicted molar refractivity (Wildman–Crippen MR) is 79.3 cm³/mol. The molecule has 3 nitrogen and oxygen atoms in total. The highest BCUT2D eigenvalue weighted by Gasteiger charge is 2.11. The van der Waals surface area contributed by atoms with Crippen LogP contribution in [-0.4, -0.2) is 11.0 Å². The van der Waals surface area contributed by atoms with Crippen LogP contribution in [0, 0.1) is 5.82 Å². The Morgan fingerprint density at radius 2 is 1.81 bits per heavy atom. The molecule has 0 heterocycles. The van der Waals surface area contributed by atoms with Gasteiger partial charge in [-0.05, 0) is 23.3 Å². The van der Waals surface area contributed by atoms with Crippen LogP contribution < -0.4 is 5.32 Å². The Kier molecular flexibility index (Phi) is 5.31. The van der Waals surface area contributed by atoms with Crippen molar-refractivity contribution in [1.29, 1.82) is 0 Å². The van der Waals surface area contributed by atoms with Crippen LogP contribution in [0.3, 0.4) is 0 Å². The minimum Gasteiger partial charge on any atom is -0.392 e. The average molecular weight is 308 g/mol. The second-order valence-corrected chi connectivity index (χ2v) is 5.04. The Bertz CT molecular complexity index is 608. The van der Waals surface area contributed by atoms with Gasteiger partial charge in [0.1, 0.15) is 5.82 Å². The molecule has 0 spiro atoms. The van der Waals surface area contributed by atoms with E-state index in [-0.39, 0.29) is 29.5 Å². The molecule has 2 aromatic rings. The Balaban J connectivity index is 1.92. The highest BCUT2D eigenvalue weighted by molar-refractivity contribution is 6.31. The maximum absolute atomic E-state index is 13.6. The highest BCUT2D eigenvalue weighted by Crippen LogP contribution is 2.19. The lowest BCUT2D eigenvalue weighted by molar-refractivity contribution is -0.120. The summed E-state index contributed by atoms with van der Waals surface area (Å²) in [5, 5.41) is 11.9. The van der Waals surface area contributed by atoms with Gasteiger partial charge in [0.15, 0.2) is 0 Å². The lowest BCUT2D eigenvalue weighted by Gasteiger charge is -2.08. The molecule has 0 fully saturated rings. The van der Waals surface area contributed by atoms with Crippen molar-refractivity contribution < 1.29 is 14.3 Å². The van der Waals surface area contributed by atoms with Gasteiger partial charge in [-0.1, -0.05) is 41.9 Å². The Morgan fingerprint density at radius 1 is 1.14 bits per heavy atom. The molecule has 1 amide bonds. The van der Waals surface area contributed by atoms with E-state index in [4.69, 9.17) is 16.7 Å². The molecular weight excluding hydrogens is 293 g/mol. The zero-order valence-electron chi connectivity index (χ0n) is 11.3. The summed E-state index contributed by atoms with van der Waals surface area (Å²) in [7, 11) is 0. The van der Waals surface area contributed by atoms with Crippen LogP contribution >= 0.6 is 11.6 Å². The number of carbonyl (C=O) groups excluding carboxylic acids is 1. The van der Waals surface area contributed by atoms with Gasteiger partial charge in [0, 0.05) is 17.1 Å². The van der Waals surface area contributed by atoms with E-state index >= 15 is 0 Å². The zero-order valence-corrected chi connectivity index (χ0v) is 12.0. The molecule has 0 bridgehead atoms. The molecule has 0 saturated carbocycles. The Labute approximate surface area is 127 Å². The first kappa shape index (κ1) is 15.5. The smallest absolute Gasteiger partial charge is 0.224 e. The molecule has 0 radical (unpaired) electrons. The third kappa shape index (κ3) is 4.28. The maximum Gasteiger partial charge on any atom is 0.224 e. The van der Waals surface area contributed by atoms with E-state index < -0.39 is 5.82 Å². The third-order valence-electron chi connectivity index (χ3n) is 3.09. The number of halogens is 2. The predicted octanol–water partition coefficient (Wildman–Crippen LogP) is 2.83. The van der Waals surface area contributed by atoms with Crippen molar-refractivity contribution in [3.8, 4) is 0 Å². The summed E-state index contributed by atoms with van der Waals surface area (Å²) in [6, 6.07) is 11.6. The van der Waals surface area contributed by atoms with E-state index in [2.05, 4.69) is 5.32 Å². The molecule has 0 atom stereocenters. The number of aliphatic hydroxyl groups excluding tert-OH is 1. The van der Waals surface area contributed by atoms with Crippen molar-refractivity contribution >= 4 is 17.5 Å². The van der Waals surface area contributed by atoms with E-state index in [9.17, 15) is 9.18 Å². The number of nitrogens with one attached hydrogen (secondary N) is 1. The fourth-order valence-corrected chi connectivity index (χ4v) is 2.12. The fraction of sp³-hybridized carbons (Fsp3) is 0.188. The molecule has 5 heteroatoms. The van der Waals surface area contributed by atoms with Crippen LogP contribution in [0.4, 0.5) is 4.39 Å². The number of carbonyl (C=O) groups is 1. The summed E-state index contributed by atoms with van der Waals surface area (Å²) in [5.41, 5.74) is 1.91. The van der Waals surface area contributed by atoms with Crippen LogP contribution in [0.5, 0.6) is 0 Å². The summed E-state index contributed by atoms with van der Waals surface area (Å²) >= 11 is 5.88. The summed E-state index contributed by atoms with van der Waals surface area (Å²) in [6.07, 6.45) is -0.0970. The van der Waals surface area contributed by atoms with Crippen molar-refractivity contribution in [2.75, 3.05) is 0 Å². The summed E-state index contributed by atoms with van der Waals surface area (Å²) in [6.45, 7) is 0.328. The Morgan fingerprint density at radius 3 is 2.43 bits per heavy atom. The fourth-order valence-electron chi connectivity index (χ4n) is 1.89. The van der Waals surface area contributed by atoms with Crippen molar-refractivity contribution in [2.45, 2.75) is 19.6 Å². The number of hydrogen-bond acceptors (Lipinski definition) is 2. The molecule has 2 aromatic carbocycles. The summed E-state index contributed by atoms with van der Waals surface area (Å²) in [5.74, 6) is -0.779. The van der Waals surface area contributed by atoms with E-state index in [1.165, 1.54) is 12.1 Å². The standard InChI is InChI=1S/C16H15ClFNO2/c17-14-2-1-3-15(18)13(14)8-16(21)19-9-11-4-6-12(10-20)7-5-11/h1-7,20H,8-10H2,(H,19,21). The molecule has 2 N–H and O–H groups in total. The van der Waals surface area contributed by atoms with Crippen molar-refractivity contribution in [2.24, 2.45) is 0 Å². The van der Waals surface area contributed by atoms with Crippen molar-refractivity contribution in [1.82, 2.24) is 5.32 Å². The van der Waals surface area contributed by atoms with Crippen molar-refractivity contribution in [3.05, 3.63) is 70.0 Å². The van der Waals surface area contributed by atoms with E-state index in [1.54, 1.807) is 18.2 Å². The van der Waals surface area contributed by atoms with Gasteiger partial charge in [-0.25, -0.2) is 4.39 Å². The molecule has 0 aliphatic carbocycles. The van der Waals surface area contributed by atoms with E-state index in [0.717, 1.165) is 11.1 Å². The van der Waals surface area contributed by atoms with E-state index in [0.29, 0.717) is 6.54 Å². The van der Waals surface area contributed by atoms with Crippen molar-refractivity contribution in [3.63, 3.8) is 0 Å². The zero-order chi connectivity index (χ0) is 15.2. The number of hydrogen-bond donors (Lipinski definition) is 2. The molecule has 0 aliphatic rings. The molecule has 0 unspecified atom stereocenters. The van der Waals surface area contributed by atoms with Crippen LogP contribution in [0.2, 0.25) is 5.02 Å². The SMILES string of the molecule is O=C(Cc1c(F)cccc1Cl)NCc1ccc(CO)cc1. The van der Waals surface area contributed by atoms with E-state index in [1.807, 2.05) is 12.1 Å². The van der Waals surface area contributed by atoms with Crippen LogP contribution in [0.25, 0.3) is 0 Å². The molecular formula is C16H15ClFNO2. The number of rotatable bonds is 5. The molecule has 0 aromatic heterocycles. The topological polar surface area (TPSA) is 49.3 Å². The largest absolute Gasteiger partial charge is 0.392 e. The number of benzene rings is 2. The Hall–Kier alpha value is -1.91. The molecule has 2 rings (SSSR count). The third-order valence-corrected chi connectivity index (χ3v) is 3.45. The average Bonchev–Trinajstić information content (AvgIpc) is 2.49. The quantitative estimate of drug-likeness (QED) is 0.892. The van der Waals surface area contributed by atoms with Gasteiger partial charge in [-0.2, -0.15) is 0 Å². The minimum absolute atomic E-state index is 0.0155. The minimum atomic E-state index is -0.482. The van der Waals surface area contributed by atoms with Gasteiger partial charge in [0.05, 0.1) is 13.0 Å². The van der Waals surface area contributed by atoms with Crippen LogP contribution in [-0.2, 0) is 24.4 Å². The second kappa shape index (κ2) is 7.20. The lowest BCUT2D eigenvalue weighted by Crippen LogP contribution is -2.25. The van der Waals surface area contributed by atoms with Crippen LogP contribution in [0.1, 0.15) is 16.7 Å². The molecule has 21 heavy (non-hydrogen) atoms. The maximum atomic E-state index is 13.6. The highest BCUT2D eigenvalue weighted by atomic mass is 35.5. The summed E-state index contributed by atoms with van der Waals surface area (Å²) < 4.78 is 13.6. The molecule has 110 valence electrons. The van der Waals surface area contributed by atoms with Gasteiger partial charge in [-0.15, -0.1) is 0 Å². The van der Waals surface area contributed by atoms with Gasteiger partial charge < -0.3 is 10.4 Å². The van der Waals surface area contributed by atoms with Gasteiger partial charge in [-0.3, -0.25) is 4.79 Å². The first-order valence-corrected chi connectivity index (χ1v) is 6.86. The van der Waals surface area contributed by atoms with Crippen LogP contribution in [0.15, 0.2) is 42.5 Å². The molecule has 0 aliphatic heterocycles. The normalized spacial score (nSPS) is 10.4. The number of amides is 1. The van der Waals surface area contributed by atoms with Gasteiger partial charge >= 0.3 is 0 Å². The second-order valence-electron chi connectivity index (χ2n) is 4.63. The molecule has 0 saturated heterocycles. The van der Waals surface area contributed by atoms with Gasteiger partial charge in [0.25, 0.3) is 0 Å². The van der Waals surface area contributed by atoms with Gasteiger partial charge in [0.2, 0.25) is 5.91 Å².